The van der Waals surface area contributed by atoms with Crippen LogP contribution in [0.15, 0.2) is 42.5 Å². The molecular weight excluding hydrogens is 268 g/mol. The third-order valence-electron chi connectivity index (χ3n) is 3.33. The van der Waals surface area contributed by atoms with Gasteiger partial charge in [0.2, 0.25) is 5.78 Å². The number of hydrogen-bond acceptors (Lipinski definition) is 3. The summed E-state index contributed by atoms with van der Waals surface area (Å²) in [5.74, 6) is -2.90. The second-order valence-corrected chi connectivity index (χ2v) is 4.98. The number of fused-ring (bicyclic) bond motifs is 1. The number of aryl methyl sites for hydroxylation is 1. The molecule has 0 atom stereocenters. The fourth-order valence-corrected chi connectivity index (χ4v) is 2.23. The van der Waals surface area contributed by atoms with Crippen molar-refractivity contribution in [2.45, 2.75) is 25.7 Å². The first-order valence-electron chi connectivity index (χ1n) is 6.82. The van der Waals surface area contributed by atoms with Crippen molar-refractivity contribution in [2.24, 2.45) is 0 Å². The van der Waals surface area contributed by atoms with Crippen molar-refractivity contribution in [2.75, 3.05) is 0 Å². The van der Waals surface area contributed by atoms with Crippen LogP contribution in [-0.2, 0) is 20.8 Å². The Balaban J connectivity index is 1.86. The van der Waals surface area contributed by atoms with E-state index in [1.807, 2.05) is 36.4 Å². The second-order valence-electron chi connectivity index (χ2n) is 4.98. The van der Waals surface area contributed by atoms with Crippen molar-refractivity contribution in [3.05, 3.63) is 48.0 Å². The molecule has 2 aromatic carbocycles. The van der Waals surface area contributed by atoms with Crippen molar-refractivity contribution in [3.63, 3.8) is 0 Å². The number of benzene rings is 2. The van der Waals surface area contributed by atoms with Crippen molar-refractivity contribution < 1.29 is 19.5 Å². The highest BCUT2D eigenvalue weighted by atomic mass is 16.4. The van der Waals surface area contributed by atoms with E-state index in [0.717, 1.165) is 17.4 Å². The third kappa shape index (κ3) is 4.24. The summed E-state index contributed by atoms with van der Waals surface area (Å²) in [6.45, 7) is 0. The fourth-order valence-electron chi connectivity index (χ4n) is 2.23. The number of Topliss-reactive ketones (excluding diaryl/α,β-unsaturated/α-hetero) is 2. The van der Waals surface area contributed by atoms with Gasteiger partial charge in [-0.05, 0) is 29.2 Å². The molecule has 0 radical (unpaired) electrons. The zero-order valence-corrected chi connectivity index (χ0v) is 11.5. The maximum absolute atomic E-state index is 11.5. The Morgan fingerprint density at radius 1 is 0.952 bits per heavy atom. The number of hydrogen-bond donors (Lipinski definition) is 1. The molecule has 0 saturated heterocycles. The van der Waals surface area contributed by atoms with E-state index in [1.54, 1.807) is 0 Å². The zero-order valence-electron chi connectivity index (χ0n) is 11.5. The lowest BCUT2D eigenvalue weighted by molar-refractivity contribution is -0.150. The number of carbonyl (C=O) groups excluding carboxylic acids is 2. The summed E-state index contributed by atoms with van der Waals surface area (Å²) in [6.07, 6.45) is 1.07. The molecule has 0 aromatic heterocycles. The number of carbonyl (C=O) groups is 3. The van der Waals surface area contributed by atoms with Crippen LogP contribution in [0.3, 0.4) is 0 Å². The molecule has 0 saturated carbocycles. The first kappa shape index (κ1) is 14.9. The average molecular weight is 284 g/mol. The van der Waals surface area contributed by atoms with Crippen LogP contribution in [0.5, 0.6) is 0 Å². The minimum absolute atomic E-state index is 0.228. The zero-order chi connectivity index (χ0) is 15.2. The quantitative estimate of drug-likeness (QED) is 0.627. The van der Waals surface area contributed by atoms with Crippen molar-refractivity contribution in [1.29, 1.82) is 0 Å². The second kappa shape index (κ2) is 6.79. The van der Waals surface area contributed by atoms with E-state index >= 15 is 0 Å². The summed E-state index contributed by atoms with van der Waals surface area (Å²) in [7, 11) is 0. The van der Waals surface area contributed by atoms with Gasteiger partial charge in [-0.2, -0.15) is 0 Å². The normalized spacial score (nSPS) is 10.5. The standard InChI is InChI=1S/C17H16O4/c18-15(11-16(19)17(20)21)7-3-4-12-8-9-13-5-1-2-6-14(13)10-12/h1-2,5-6,8-10H,3-4,7,11H2,(H,20,21). The topological polar surface area (TPSA) is 71.4 Å². The molecule has 0 aliphatic rings. The van der Waals surface area contributed by atoms with Gasteiger partial charge in [0.1, 0.15) is 5.78 Å². The van der Waals surface area contributed by atoms with Gasteiger partial charge in [0.15, 0.2) is 0 Å². The van der Waals surface area contributed by atoms with Gasteiger partial charge in [0.25, 0.3) is 0 Å². The van der Waals surface area contributed by atoms with Crippen molar-refractivity contribution >= 4 is 28.3 Å². The first-order valence-corrected chi connectivity index (χ1v) is 6.82. The largest absolute Gasteiger partial charge is 0.475 e. The lowest BCUT2D eigenvalue weighted by Crippen LogP contribution is -2.16. The fraction of sp³-hybridized carbons (Fsp3) is 0.235. The lowest BCUT2D eigenvalue weighted by atomic mass is 10.0. The van der Waals surface area contributed by atoms with Crippen molar-refractivity contribution in [3.8, 4) is 0 Å². The minimum Gasteiger partial charge on any atom is -0.475 e. The molecule has 0 heterocycles. The monoisotopic (exact) mass is 284 g/mol. The Bertz CT molecular complexity index is 688. The van der Waals surface area contributed by atoms with Gasteiger partial charge in [-0.25, -0.2) is 4.79 Å². The van der Waals surface area contributed by atoms with Crippen LogP contribution in [-0.4, -0.2) is 22.6 Å². The Labute approximate surface area is 122 Å². The molecule has 2 rings (SSSR count). The highest BCUT2D eigenvalue weighted by Crippen LogP contribution is 2.17. The van der Waals surface area contributed by atoms with Crippen LogP contribution in [0, 0.1) is 0 Å². The molecule has 4 nitrogen and oxygen atoms in total. The van der Waals surface area contributed by atoms with Gasteiger partial charge in [0.05, 0.1) is 6.42 Å². The molecule has 0 aliphatic heterocycles. The van der Waals surface area contributed by atoms with Gasteiger partial charge >= 0.3 is 5.97 Å². The van der Waals surface area contributed by atoms with E-state index in [0.29, 0.717) is 6.42 Å². The van der Waals surface area contributed by atoms with E-state index in [1.165, 1.54) is 5.39 Å². The number of carboxylic acids is 1. The highest BCUT2D eigenvalue weighted by molar-refractivity contribution is 6.36. The van der Waals surface area contributed by atoms with Crippen LogP contribution in [0.1, 0.15) is 24.8 Å². The predicted octanol–water partition coefficient (Wildman–Crippen LogP) is 2.78. The molecule has 0 spiro atoms. The summed E-state index contributed by atoms with van der Waals surface area (Å²) in [4.78, 5) is 32.7. The molecule has 2 aromatic rings. The van der Waals surface area contributed by atoms with E-state index in [9.17, 15) is 14.4 Å². The molecule has 0 unspecified atom stereocenters. The molecule has 4 heteroatoms. The van der Waals surface area contributed by atoms with Crippen LogP contribution in [0.4, 0.5) is 0 Å². The van der Waals surface area contributed by atoms with Gasteiger partial charge in [-0.1, -0.05) is 42.5 Å². The molecule has 21 heavy (non-hydrogen) atoms. The molecule has 0 bridgehead atoms. The minimum atomic E-state index is -1.54. The SMILES string of the molecule is O=C(CCCc1ccc2ccccc2c1)CC(=O)C(=O)O. The van der Waals surface area contributed by atoms with Gasteiger partial charge in [0, 0.05) is 6.42 Å². The first-order chi connectivity index (χ1) is 10.1. The van der Waals surface area contributed by atoms with Crippen LogP contribution in [0.2, 0.25) is 0 Å². The molecule has 0 aliphatic carbocycles. The number of aliphatic carboxylic acids is 1. The molecule has 0 fully saturated rings. The van der Waals surface area contributed by atoms with Crippen molar-refractivity contribution in [1.82, 2.24) is 0 Å². The summed E-state index contributed by atoms with van der Waals surface area (Å²) >= 11 is 0. The average Bonchev–Trinajstić information content (AvgIpc) is 2.47. The Kier molecular flexibility index (Phi) is 4.82. The molecular formula is C17H16O4. The maximum atomic E-state index is 11.5. The summed E-state index contributed by atoms with van der Waals surface area (Å²) in [6, 6.07) is 14.2. The number of ketones is 2. The third-order valence-corrected chi connectivity index (χ3v) is 3.33. The molecule has 108 valence electrons. The van der Waals surface area contributed by atoms with E-state index < -0.39 is 18.2 Å². The highest BCUT2D eigenvalue weighted by Gasteiger charge is 2.15. The van der Waals surface area contributed by atoms with Crippen LogP contribution < -0.4 is 0 Å². The van der Waals surface area contributed by atoms with Gasteiger partial charge in [-0.3, -0.25) is 9.59 Å². The molecule has 1 N–H and O–H groups in total. The smallest absolute Gasteiger partial charge is 0.372 e. The number of rotatable bonds is 7. The summed E-state index contributed by atoms with van der Waals surface area (Å²) in [5, 5.41) is 10.8. The Hall–Kier alpha value is -2.49. The van der Waals surface area contributed by atoms with Gasteiger partial charge < -0.3 is 5.11 Å². The van der Waals surface area contributed by atoms with E-state index in [-0.39, 0.29) is 12.2 Å². The van der Waals surface area contributed by atoms with Crippen LogP contribution >= 0.6 is 0 Å². The maximum Gasteiger partial charge on any atom is 0.372 e. The van der Waals surface area contributed by atoms with E-state index in [4.69, 9.17) is 5.11 Å². The summed E-state index contributed by atoms with van der Waals surface area (Å²) in [5.41, 5.74) is 1.13. The lowest BCUT2D eigenvalue weighted by Gasteiger charge is -2.03. The Morgan fingerprint density at radius 3 is 2.38 bits per heavy atom. The summed E-state index contributed by atoms with van der Waals surface area (Å²) < 4.78 is 0. The van der Waals surface area contributed by atoms with E-state index in [2.05, 4.69) is 6.07 Å². The predicted molar refractivity (Wildman–Crippen MR) is 79.2 cm³/mol. The van der Waals surface area contributed by atoms with Gasteiger partial charge in [-0.15, -0.1) is 0 Å². The number of carboxylic acid groups (broad SMARTS) is 1. The Morgan fingerprint density at radius 2 is 1.67 bits per heavy atom. The van der Waals surface area contributed by atoms with Crippen LogP contribution in [0.25, 0.3) is 10.8 Å². The molecule has 0 amide bonds.